The van der Waals surface area contributed by atoms with Crippen molar-refractivity contribution in [1.82, 2.24) is 44.9 Å². The van der Waals surface area contributed by atoms with Gasteiger partial charge in [-0.3, -0.25) is 4.39 Å². The van der Waals surface area contributed by atoms with Gasteiger partial charge in [0.2, 0.25) is 0 Å². The molecule has 138 heavy (non-hydrogen) atoms. The first-order valence-electron chi connectivity index (χ1n) is 43.8. The van der Waals surface area contributed by atoms with Gasteiger partial charge in [0, 0.05) is 166 Å². The van der Waals surface area contributed by atoms with Crippen LogP contribution in [0, 0.1) is 88.0 Å². The number of halogens is 2. The van der Waals surface area contributed by atoms with Crippen molar-refractivity contribution in [3.05, 3.63) is 495 Å². The molecule has 0 saturated carbocycles. The van der Waals surface area contributed by atoms with Crippen molar-refractivity contribution in [1.29, 1.82) is 0 Å². The molecule has 21 nitrogen and oxygen atoms in total. The molecule has 0 N–H and O–H groups in total. The number of benzene rings is 13. The normalized spacial score (nSPS) is 14.2. The first-order chi connectivity index (χ1) is 66.3. The summed E-state index contributed by atoms with van der Waals surface area (Å²) < 4.78 is 26.3. The second kappa shape index (κ2) is 42.8. The topological polar surface area (TPSA) is 155 Å². The van der Waals surface area contributed by atoms with E-state index < -0.39 is 0 Å². The van der Waals surface area contributed by atoms with Crippen LogP contribution in [0.15, 0.2) is 395 Å². The minimum Gasteiger partial charge on any atom is -0.493 e. The van der Waals surface area contributed by atoms with Crippen LogP contribution in [0.4, 0.5) is 146 Å². The van der Waals surface area contributed by atoms with Gasteiger partial charge in [-0.25, -0.2) is 49.2 Å². The standard InChI is InChI=1S/C24H24N4.C19H14N2.C18H13N3.C17H10F2N4.2C17H12N4.3Ir/c1-23(2)15-24(3,4)20-19(23)25-21-22(26-20)28(18-13-9-6-10-14-18)16-27(21)17-11-7-5-8-12-17;1-3-9-16(10-4-1)20-15-21(17-11-5-2-6-12-17)19-14-8-7-13-18(19)20;1-3-8-15(9-4-1)20-14-21(16-10-5-2-6-11-16)18-17(20)12-7-13-19-18;18-12-1-5-14(6-2-12)22-11-23(15-7-3-13(19)4-8-15)17-16(22)20-9-10-21-17;2*1-3-7-14(8-4-1)20-13-21(15-9-5-2-6-10-15)17-16(20)18-11-12-19-17;;;/h5-13,16H,15H2,1-4H3;1-11,13-15H;1-10,12-14H;1-7,9-11H;2*1-9,11-13H;;;/q6*-2;;;. The second-order valence-electron chi connectivity index (χ2n) is 32.9. The first kappa shape index (κ1) is 94.5. The predicted molar refractivity (Wildman–Crippen MR) is 531 cm³/mol. The molecule has 26 heteroatoms. The van der Waals surface area contributed by atoms with Gasteiger partial charge < -0.3 is 58.8 Å². The van der Waals surface area contributed by atoms with Gasteiger partial charge in [0.25, 0.3) is 0 Å². The third kappa shape index (κ3) is 20.1. The SMILES string of the molecule is CC1(C)CC(C)(C)c2nc3c(nc21)N(c1[c-]cccc1)[CH-]N3c1ccccc1.Fc1c[c-]c(N2[CH-]N(c3ccc(F)cc3)c3nccnc32)cc1.[Ir].[Ir].[Ir].[c-]1ccccc1N1[CH-]N(c2ccccc2)c2ccccc21.[c-]1ccccc1N1[CH-]N(c2ccccc2)c2cccnc21.[c-]1ccccc1N1[CH-]N(c2ccccc2)c2nccnc21.[c-]1ccccc1N1[CH-]N(c2ccccc2)c2nccnc21. The summed E-state index contributed by atoms with van der Waals surface area (Å²) in [6, 6.07) is 133. The average molecular weight is 2340 g/mol. The number of para-hydroxylation sites is 12. The summed E-state index contributed by atoms with van der Waals surface area (Å²) in [6.07, 6.45) is 12.9. The average Bonchev–Trinajstić information content (AvgIpc) is 1.56. The van der Waals surface area contributed by atoms with E-state index in [4.69, 9.17) is 9.97 Å². The second-order valence-corrected chi connectivity index (χ2v) is 32.9. The van der Waals surface area contributed by atoms with Crippen LogP contribution in [-0.2, 0) is 71.1 Å². The third-order valence-electron chi connectivity index (χ3n) is 22.9. The predicted octanol–water partition coefficient (Wildman–Crippen LogP) is 26.2. The molecule has 11 heterocycles. The Hall–Kier alpha value is -15.3. The zero-order valence-corrected chi connectivity index (χ0v) is 82.0. The van der Waals surface area contributed by atoms with E-state index in [1.54, 1.807) is 71.8 Å². The van der Waals surface area contributed by atoms with Crippen molar-refractivity contribution < 1.29 is 69.1 Å². The van der Waals surface area contributed by atoms with Crippen LogP contribution in [0.25, 0.3) is 0 Å². The minimum absolute atomic E-state index is 0. The zero-order valence-electron chi connectivity index (χ0n) is 74.8. The summed E-state index contributed by atoms with van der Waals surface area (Å²) in [5, 5.41) is 0. The Balaban J connectivity index is 0.000000114. The molecule has 0 amide bonds. The minimum atomic E-state index is -0.359. The summed E-state index contributed by atoms with van der Waals surface area (Å²) in [5.74, 6) is 6.47. The summed E-state index contributed by atoms with van der Waals surface area (Å²) in [4.78, 5) is 65.8. The first-order valence-corrected chi connectivity index (χ1v) is 43.8. The number of aromatic nitrogens is 9. The maximum absolute atomic E-state index is 13.1. The maximum atomic E-state index is 13.1. The molecule has 0 saturated heterocycles. The molecule has 0 fully saturated rings. The molecular formula is C112H85F2Ir3N21-12. The van der Waals surface area contributed by atoms with Crippen LogP contribution in [-0.4, -0.2) is 44.9 Å². The summed E-state index contributed by atoms with van der Waals surface area (Å²) in [6.45, 7) is 21.1. The van der Waals surface area contributed by atoms with Gasteiger partial charge in [0.05, 0.1) is 17.1 Å². The number of rotatable bonds is 12. The van der Waals surface area contributed by atoms with Gasteiger partial charge in [0.1, 0.15) is 58.2 Å². The quantitative estimate of drug-likeness (QED) is 0.106. The Bertz CT molecular complexity index is 6090. The van der Waals surface area contributed by atoms with Gasteiger partial charge in [-0.2, -0.15) is 158 Å². The molecule has 13 aromatic carbocycles. The monoisotopic (exact) mass is 2340 g/mol. The smallest absolute Gasteiger partial charge is 0.146 e. The Morgan fingerprint density at radius 3 is 0.833 bits per heavy atom. The molecule has 25 rings (SSSR count). The Morgan fingerprint density at radius 2 is 0.478 bits per heavy atom. The van der Waals surface area contributed by atoms with Crippen LogP contribution in [0.5, 0.6) is 0 Å². The van der Waals surface area contributed by atoms with Gasteiger partial charge in [-0.15, -0.1) is 92.3 Å². The summed E-state index contributed by atoms with van der Waals surface area (Å²) in [7, 11) is 0. The van der Waals surface area contributed by atoms with Crippen molar-refractivity contribution in [2.24, 2.45) is 0 Å². The summed E-state index contributed by atoms with van der Waals surface area (Å²) >= 11 is 0. The van der Waals surface area contributed by atoms with Gasteiger partial charge in [-0.1, -0.05) is 131 Å². The third-order valence-corrected chi connectivity index (χ3v) is 22.9. The molecule has 7 aliphatic rings. The van der Waals surface area contributed by atoms with Crippen LogP contribution < -0.4 is 58.8 Å². The number of hydrogen-bond acceptors (Lipinski definition) is 21. The fourth-order valence-electron chi connectivity index (χ4n) is 17.0. The number of pyridine rings is 1. The van der Waals surface area contributed by atoms with Crippen LogP contribution in [0.1, 0.15) is 45.5 Å². The van der Waals surface area contributed by atoms with Crippen LogP contribution >= 0.6 is 0 Å². The molecule has 3 radical (unpaired) electrons. The molecule has 5 aromatic heterocycles. The van der Waals surface area contributed by atoms with E-state index in [1.165, 1.54) is 35.6 Å². The van der Waals surface area contributed by atoms with Crippen molar-refractivity contribution >= 4 is 138 Å². The maximum Gasteiger partial charge on any atom is 0.146 e. The Morgan fingerprint density at radius 1 is 0.225 bits per heavy atom. The van der Waals surface area contributed by atoms with Gasteiger partial charge in [0.15, 0.2) is 0 Å². The Kier molecular flexibility index (Phi) is 29.3. The molecule has 18 aromatic rings. The van der Waals surface area contributed by atoms with Crippen LogP contribution in [0.2, 0.25) is 0 Å². The van der Waals surface area contributed by atoms with E-state index in [2.05, 4.69) is 239 Å². The van der Waals surface area contributed by atoms with E-state index in [0.29, 0.717) is 17.3 Å². The van der Waals surface area contributed by atoms with E-state index in [1.807, 2.05) is 258 Å². The van der Waals surface area contributed by atoms with Gasteiger partial charge >= 0.3 is 0 Å². The molecule has 1 aliphatic carbocycles. The molecular weight excluding hydrogens is 2250 g/mol. The van der Waals surface area contributed by atoms with E-state index in [9.17, 15) is 8.78 Å². The van der Waals surface area contributed by atoms with Crippen molar-refractivity contribution in [3.63, 3.8) is 0 Å². The van der Waals surface area contributed by atoms with Crippen molar-refractivity contribution in [2.75, 3.05) is 58.8 Å². The Labute approximate surface area is 843 Å². The van der Waals surface area contributed by atoms with E-state index >= 15 is 0 Å². The molecule has 0 atom stereocenters. The number of nitrogens with zero attached hydrogens (tertiary/aromatic N) is 21. The largest absolute Gasteiger partial charge is 0.493 e. The number of fused-ring (bicyclic) bond motifs is 7. The number of anilines is 24. The summed E-state index contributed by atoms with van der Waals surface area (Å²) in [5.41, 5.74) is 17.4. The fraction of sp³-hybridized carbons (Fsp3) is 0.0625. The van der Waals surface area contributed by atoms with Crippen molar-refractivity contribution in [2.45, 2.75) is 44.9 Å². The molecule has 6 aliphatic heterocycles. The van der Waals surface area contributed by atoms with E-state index in [-0.39, 0.29) is 82.8 Å². The molecule has 691 valence electrons. The van der Waals surface area contributed by atoms with Crippen molar-refractivity contribution in [3.8, 4) is 0 Å². The zero-order chi connectivity index (χ0) is 91.6. The molecule has 0 unspecified atom stereocenters. The van der Waals surface area contributed by atoms with Gasteiger partial charge in [-0.05, 0) is 116 Å². The number of hydrogen-bond donors (Lipinski definition) is 0. The van der Waals surface area contributed by atoms with E-state index in [0.717, 1.165) is 127 Å². The fourth-order valence-corrected chi connectivity index (χ4v) is 17.0. The van der Waals surface area contributed by atoms with Crippen LogP contribution in [0.3, 0.4) is 0 Å². The molecule has 0 bridgehead atoms. The molecule has 0 spiro atoms.